The van der Waals surface area contributed by atoms with Gasteiger partial charge in [-0.3, -0.25) is 5.10 Å². The van der Waals surface area contributed by atoms with Crippen LogP contribution in [0, 0.1) is 17.7 Å². The molecule has 6 heteroatoms. The average molecular weight is 484 g/mol. The maximum absolute atomic E-state index is 14.8. The number of benzene rings is 3. The van der Waals surface area contributed by atoms with Crippen molar-refractivity contribution in [1.82, 2.24) is 10.2 Å². The van der Waals surface area contributed by atoms with Crippen LogP contribution in [-0.2, 0) is 11.2 Å². The number of carbonyl (C=O) groups is 1. The van der Waals surface area contributed by atoms with Gasteiger partial charge in [0.25, 0.3) is 0 Å². The third kappa shape index (κ3) is 4.00. The fraction of sp³-hybridized carbons (Fsp3) is 0.267. The van der Waals surface area contributed by atoms with Crippen LogP contribution in [0.25, 0.3) is 22.0 Å². The predicted octanol–water partition coefficient (Wildman–Crippen LogP) is 6.55. The minimum absolute atomic E-state index is 0.159. The number of hydrogen-bond donors (Lipinski definition) is 1. The third-order valence-electron chi connectivity index (χ3n) is 7.66. The summed E-state index contributed by atoms with van der Waals surface area (Å²) in [4.78, 5) is 13.5. The number of rotatable bonds is 4. The number of fused-ring (bicyclic) bond motifs is 3. The van der Waals surface area contributed by atoms with Crippen LogP contribution < -0.4 is 4.90 Å². The number of aromatic nitrogens is 2. The topological polar surface area (TPSA) is 49.0 Å². The summed E-state index contributed by atoms with van der Waals surface area (Å²) in [5.74, 6) is -0.508. The molecular formula is C30H27F2N3O. The summed E-state index contributed by atoms with van der Waals surface area (Å²) in [5.41, 5.74) is 7.95. The van der Waals surface area contributed by atoms with Crippen molar-refractivity contribution in [3.8, 4) is 0 Å². The third-order valence-corrected chi connectivity index (χ3v) is 7.66. The summed E-state index contributed by atoms with van der Waals surface area (Å²) >= 11 is 0. The summed E-state index contributed by atoms with van der Waals surface area (Å²) in [7, 11) is 0. The second-order valence-corrected chi connectivity index (χ2v) is 9.74. The second kappa shape index (κ2) is 9.34. The highest BCUT2D eigenvalue weighted by molar-refractivity contribution is 6.02. The monoisotopic (exact) mass is 483 g/mol. The lowest BCUT2D eigenvalue weighted by atomic mass is 9.87. The van der Waals surface area contributed by atoms with Crippen molar-refractivity contribution in [2.75, 3.05) is 18.0 Å². The largest absolute Gasteiger partial charge is 0.371 e. The first-order valence-electron chi connectivity index (χ1n) is 12.6. The van der Waals surface area contributed by atoms with Gasteiger partial charge in [0, 0.05) is 24.7 Å². The van der Waals surface area contributed by atoms with Gasteiger partial charge in [-0.2, -0.15) is 9.49 Å². The van der Waals surface area contributed by atoms with Gasteiger partial charge < -0.3 is 9.69 Å². The molecule has 2 heterocycles. The van der Waals surface area contributed by atoms with E-state index in [0.717, 1.165) is 90.6 Å². The van der Waals surface area contributed by atoms with Crippen molar-refractivity contribution >= 4 is 34.0 Å². The summed E-state index contributed by atoms with van der Waals surface area (Å²) in [6, 6.07) is 19.1. The van der Waals surface area contributed by atoms with Gasteiger partial charge in [-0.15, -0.1) is 0 Å². The van der Waals surface area contributed by atoms with Crippen LogP contribution in [0.5, 0.6) is 0 Å². The number of anilines is 1. The number of nitrogens with one attached hydrogen (secondary N) is 1. The van der Waals surface area contributed by atoms with Crippen molar-refractivity contribution in [3.63, 3.8) is 0 Å². The molecule has 36 heavy (non-hydrogen) atoms. The number of carbonyl (C=O) groups excluding carboxylic acids is 1. The van der Waals surface area contributed by atoms with Crippen LogP contribution in [-0.4, -0.2) is 29.6 Å². The van der Waals surface area contributed by atoms with Gasteiger partial charge >= 0.3 is 0 Å². The van der Waals surface area contributed by atoms with Crippen LogP contribution in [0.2, 0.25) is 0 Å². The molecule has 0 spiro atoms. The van der Waals surface area contributed by atoms with E-state index in [1.165, 1.54) is 12.1 Å². The van der Waals surface area contributed by atoms with Crippen LogP contribution in [0.15, 0.2) is 60.7 Å². The van der Waals surface area contributed by atoms with Gasteiger partial charge in [0.05, 0.1) is 10.9 Å². The Morgan fingerprint density at radius 2 is 1.61 bits per heavy atom. The molecule has 4 nitrogen and oxygen atoms in total. The molecule has 6 rings (SSSR count). The van der Waals surface area contributed by atoms with E-state index in [2.05, 4.69) is 39.4 Å². The Balaban J connectivity index is 1.48. The number of hydrogen-bond acceptors (Lipinski definition) is 3. The van der Waals surface area contributed by atoms with Crippen molar-refractivity contribution in [2.45, 2.75) is 32.1 Å². The fourth-order valence-electron chi connectivity index (χ4n) is 5.76. The van der Waals surface area contributed by atoms with Gasteiger partial charge in [0.15, 0.2) is 0 Å². The molecule has 0 radical (unpaired) electrons. The summed E-state index contributed by atoms with van der Waals surface area (Å²) in [6.45, 7) is 1.74. The molecule has 1 aliphatic carbocycles. The first-order chi connectivity index (χ1) is 17.6. The minimum Gasteiger partial charge on any atom is -0.371 e. The zero-order valence-electron chi connectivity index (χ0n) is 19.9. The molecule has 0 unspecified atom stereocenters. The number of halogens is 2. The van der Waals surface area contributed by atoms with Crippen molar-refractivity contribution in [2.24, 2.45) is 5.92 Å². The van der Waals surface area contributed by atoms with Gasteiger partial charge in [0.1, 0.15) is 12.1 Å². The van der Waals surface area contributed by atoms with E-state index >= 15 is 0 Å². The Bertz CT molecular complexity index is 1450. The Hall–Kier alpha value is -3.80. The SMILES string of the molecule is O=CC1CCN(c2ccc(C3=C(c4ccc(F)cc4)CCCc4c3ccc3n[nH]c(F)c43)cc2)CC1. The lowest BCUT2D eigenvalue weighted by Crippen LogP contribution is -2.34. The van der Waals surface area contributed by atoms with Gasteiger partial charge in [-0.1, -0.05) is 30.3 Å². The Morgan fingerprint density at radius 3 is 2.33 bits per heavy atom. The number of piperidine rings is 1. The molecule has 0 saturated carbocycles. The number of aldehydes is 1. The number of aryl methyl sites for hydroxylation is 1. The molecule has 0 atom stereocenters. The van der Waals surface area contributed by atoms with Gasteiger partial charge in [0.2, 0.25) is 5.95 Å². The molecular weight excluding hydrogens is 456 g/mol. The zero-order chi connectivity index (χ0) is 24.6. The van der Waals surface area contributed by atoms with Crippen LogP contribution in [0.4, 0.5) is 14.5 Å². The van der Waals surface area contributed by atoms with E-state index < -0.39 is 5.95 Å². The highest BCUT2D eigenvalue weighted by Crippen LogP contribution is 2.42. The molecule has 4 aromatic rings. The first kappa shape index (κ1) is 22.7. The minimum atomic E-state index is -0.402. The van der Waals surface area contributed by atoms with Crippen LogP contribution in [0.3, 0.4) is 0 Å². The molecule has 1 fully saturated rings. The Morgan fingerprint density at radius 1 is 0.889 bits per heavy atom. The molecule has 182 valence electrons. The smallest absolute Gasteiger partial charge is 0.217 e. The lowest BCUT2D eigenvalue weighted by Gasteiger charge is -2.31. The predicted molar refractivity (Wildman–Crippen MR) is 139 cm³/mol. The van der Waals surface area contributed by atoms with E-state index in [9.17, 15) is 13.6 Å². The molecule has 1 aliphatic heterocycles. The summed E-state index contributed by atoms with van der Waals surface area (Å²) in [5, 5.41) is 7.19. The first-order valence-corrected chi connectivity index (χ1v) is 12.6. The van der Waals surface area contributed by atoms with E-state index in [-0.39, 0.29) is 11.7 Å². The highest BCUT2D eigenvalue weighted by Gasteiger charge is 2.24. The van der Waals surface area contributed by atoms with Crippen molar-refractivity contribution < 1.29 is 13.6 Å². The normalized spacial score (nSPS) is 16.8. The zero-order valence-corrected chi connectivity index (χ0v) is 19.9. The Labute approximate surface area is 208 Å². The Kier molecular flexibility index (Phi) is 5.88. The average Bonchev–Trinajstić information content (AvgIpc) is 3.19. The molecule has 1 saturated heterocycles. The molecule has 3 aromatic carbocycles. The number of aromatic amines is 1. The van der Waals surface area contributed by atoms with Crippen molar-refractivity contribution in [3.05, 3.63) is 94.7 Å². The van der Waals surface area contributed by atoms with Crippen LogP contribution in [0.1, 0.15) is 47.9 Å². The fourth-order valence-corrected chi connectivity index (χ4v) is 5.76. The molecule has 0 amide bonds. The van der Waals surface area contributed by atoms with Crippen molar-refractivity contribution in [1.29, 1.82) is 0 Å². The quantitative estimate of drug-likeness (QED) is 0.335. The highest BCUT2D eigenvalue weighted by atomic mass is 19.1. The lowest BCUT2D eigenvalue weighted by molar-refractivity contribution is -0.111. The molecule has 1 aromatic heterocycles. The van der Waals surface area contributed by atoms with Gasteiger partial charge in [-0.25, -0.2) is 4.39 Å². The molecule has 0 bridgehead atoms. The maximum atomic E-state index is 14.8. The van der Waals surface area contributed by atoms with E-state index in [1.807, 2.05) is 24.3 Å². The van der Waals surface area contributed by atoms with E-state index in [1.54, 1.807) is 0 Å². The summed E-state index contributed by atoms with van der Waals surface area (Å²) in [6.07, 6.45) is 5.23. The van der Waals surface area contributed by atoms with Gasteiger partial charge in [-0.05, 0) is 95.8 Å². The number of H-pyrrole nitrogens is 1. The molecule has 1 N–H and O–H groups in total. The summed E-state index contributed by atoms with van der Waals surface area (Å²) < 4.78 is 28.5. The second-order valence-electron chi connectivity index (χ2n) is 9.74. The number of allylic oxidation sites excluding steroid dienone is 1. The number of nitrogens with zero attached hydrogens (tertiary/aromatic N) is 2. The maximum Gasteiger partial charge on any atom is 0.217 e. The molecule has 2 aliphatic rings. The van der Waals surface area contributed by atoms with Crippen LogP contribution >= 0.6 is 0 Å². The standard InChI is InChI=1S/C30H27F2N3O/c31-22-8-4-20(5-9-22)24-2-1-3-25-26(12-13-27-29(25)30(32)34-33-27)28(24)21-6-10-23(11-7-21)35-16-14-19(18-36)15-17-35/h4-13,18-19H,1-3,14-17H2,(H,33,34). The van der Waals surface area contributed by atoms with E-state index in [4.69, 9.17) is 0 Å². The van der Waals surface area contributed by atoms with E-state index in [0.29, 0.717) is 10.9 Å².